The number of carbonyl (C=O) groups is 1. The van der Waals surface area contributed by atoms with Gasteiger partial charge in [0.2, 0.25) is 15.5 Å². The van der Waals surface area contributed by atoms with Crippen LogP contribution in [0.2, 0.25) is 5.02 Å². The lowest BCUT2D eigenvalue weighted by molar-refractivity contribution is -0.140. The number of para-hydroxylation sites is 1. The first-order chi connectivity index (χ1) is 11.9. The number of halogens is 1. The highest BCUT2D eigenvalue weighted by Crippen LogP contribution is 2.19. The maximum atomic E-state index is 12.1. The first kappa shape index (κ1) is 19.6. The molecule has 25 heavy (non-hydrogen) atoms. The number of nitrogens with one attached hydrogen (secondary N) is 1. The van der Waals surface area contributed by atoms with Crippen LogP contribution in [0.15, 0.2) is 59.5 Å². The molecule has 0 aromatic heterocycles. The van der Waals surface area contributed by atoms with E-state index in [1.165, 1.54) is 24.3 Å². The third-order valence-corrected chi connectivity index (χ3v) is 5.74. The Morgan fingerprint density at radius 2 is 1.80 bits per heavy atom. The van der Waals surface area contributed by atoms with Crippen molar-refractivity contribution in [1.82, 2.24) is 4.72 Å². The van der Waals surface area contributed by atoms with E-state index < -0.39 is 21.4 Å². The molecule has 0 bridgehead atoms. The van der Waals surface area contributed by atoms with Crippen molar-refractivity contribution in [3.05, 3.63) is 59.6 Å². The predicted molar refractivity (Wildman–Crippen MR) is 97.6 cm³/mol. The Morgan fingerprint density at radius 1 is 1.16 bits per heavy atom. The number of benzene rings is 2. The molecule has 0 amide bonds. The Balaban J connectivity index is 1.85. The minimum absolute atomic E-state index is 0.0670. The Bertz CT molecular complexity index is 797. The first-order valence-electron chi connectivity index (χ1n) is 7.20. The molecule has 0 fully saturated rings. The quantitative estimate of drug-likeness (QED) is 0.495. The molecule has 1 unspecified atom stereocenters. The number of carboxylic acid groups (broad SMARTS) is 1. The second kappa shape index (κ2) is 9.10. The van der Waals surface area contributed by atoms with Gasteiger partial charge in [-0.25, -0.2) is 17.9 Å². The minimum Gasteiger partial charge on any atom is -0.478 e. The van der Waals surface area contributed by atoms with Crippen molar-refractivity contribution in [2.24, 2.45) is 0 Å². The van der Waals surface area contributed by atoms with E-state index in [-0.39, 0.29) is 17.2 Å². The highest BCUT2D eigenvalue weighted by Gasteiger charge is 2.20. The van der Waals surface area contributed by atoms with Crippen molar-refractivity contribution in [3.63, 3.8) is 0 Å². The summed E-state index contributed by atoms with van der Waals surface area (Å²) in [5.41, 5.74) is -1.12. The SMILES string of the molecule is O=C(O)C(Oc1ccccc1)SCCNS(=O)(=O)c1ccc(Cl)cc1. The normalized spacial score (nSPS) is 12.5. The van der Waals surface area contributed by atoms with Crippen molar-refractivity contribution in [2.45, 2.75) is 10.3 Å². The van der Waals surface area contributed by atoms with E-state index >= 15 is 0 Å². The molecule has 9 heteroatoms. The van der Waals surface area contributed by atoms with Gasteiger partial charge in [-0.05, 0) is 36.4 Å². The van der Waals surface area contributed by atoms with Gasteiger partial charge >= 0.3 is 5.97 Å². The van der Waals surface area contributed by atoms with Crippen LogP contribution < -0.4 is 9.46 Å². The van der Waals surface area contributed by atoms with Crippen LogP contribution >= 0.6 is 23.4 Å². The summed E-state index contributed by atoms with van der Waals surface area (Å²) >= 11 is 6.72. The van der Waals surface area contributed by atoms with Gasteiger partial charge < -0.3 is 9.84 Å². The van der Waals surface area contributed by atoms with Gasteiger partial charge in [0.1, 0.15) is 5.75 Å². The number of hydrogen-bond donors (Lipinski definition) is 2. The zero-order chi connectivity index (χ0) is 18.3. The number of aliphatic carboxylic acids is 1. The molecule has 0 radical (unpaired) electrons. The van der Waals surface area contributed by atoms with Crippen molar-refractivity contribution in [1.29, 1.82) is 0 Å². The molecule has 0 aliphatic carbocycles. The van der Waals surface area contributed by atoms with Crippen LogP contribution in [0.25, 0.3) is 0 Å². The lowest BCUT2D eigenvalue weighted by Crippen LogP contribution is -2.29. The zero-order valence-corrected chi connectivity index (χ0v) is 15.4. The smallest absolute Gasteiger partial charge is 0.355 e. The molecule has 2 aromatic rings. The average molecular weight is 402 g/mol. The summed E-state index contributed by atoms with van der Waals surface area (Å²) < 4.78 is 32.0. The van der Waals surface area contributed by atoms with Crippen LogP contribution in [0.5, 0.6) is 5.75 Å². The standard InChI is InChI=1S/C16H16ClNO5S2/c17-12-6-8-14(9-7-12)25(21,22)18-10-11-24-16(15(19)20)23-13-4-2-1-3-5-13/h1-9,16,18H,10-11H2,(H,19,20). The van der Waals surface area contributed by atoms with Gasteiger partial charge in [0, 0.05) is 17.3 Å². The molecule has 2 rings (SSSR count). The Kier molecular flexibility index (Phi) is 7.12. The third kappa shape index (κ3) is 6.24. The van der Waals surface area contributed by atoms with E-state index in [0.29, 0.717) is 10.8 Å². The van der Waals surface area contributed by atoms with Crippen LogP contribution in [0.3, 0.4) is 0 Å². The van der Waals surface area contributed by atoms with Gasteiger partial charge in [0.05, 0.1) is 4.90 Å². The summed E-state index contributed by atoms with van der Waals surface area (Å²) in [5, 5.41) is 9.64. The van der Waals surface area contributed by atoms with Crippen molar-refractivity contribution >= 4 is 39.4 Å². The number of thioether (sulfide) groups is 1. The summed E-state index contributed by atoms with van der Waals surface area (Å²) in [5.74, 6) is -0.463. The van der Waals surface area contributed by atoms with Gasteiger partial charge in [0.25, 0.3) is 0 Å². The van der Waals surface area contributed by atoms with E-state index in [2.05, 4.69) is 4.72 Å². The second-order valence-corrected chi connectivity index (χ2v) is 8.20. The Morgan fingerprint density at radius 3 is 2.40 bits per heavy atom. The molecule has 2 N–H and O–H groups in total. The molecule has 6 nitrogen and oxygen atoms in total. The van der Waals surface area contributed by atoms with Crippen LogP contribution in [-0.2, 0) is 14.8 Å². The van der Waals surface area contributed by atoms with Crippen LogP contribution in [0.1, 0.15) is 0 Å². The molecule has 1 atom stereocenters. The summed E-state index contributed by atoms with van der Waals surface area (Å²) in [6.45, 7) is 0.0670. The molecule has 0 aliphatic rings. The van der Waals surface area contributed by atoms with E-state index in [0.717, 1.165) is 11.8 Å². The summed E-state index contributed by atoms with van der Waals surface area (Å²) in [4.78, 5) is 11.3. The van der Waals surface area contributed by atoms with Crippen LogP contribution in [-0.4, -0.2) is 37.2 Å². The lowest BCUT2D eigenvalue weighted by atomic mass is 10.3. The predicted octanol–water partition coefficient (Wildman–Crippen LogP) is 2.84. The average Bonchev–Trinajstić information content (AvgIpc) is 2.58. The molecule has 0 saturated heterocycles. The fourth-order valence-corrected chi connectivity index (χ4v) is 3.86. The molecule has 134 valence electrons. The maximum Gasteiger partial charge on any atom is 0.355 e. The fourth-order valence-electron chi connectivity index (χ4n) is 1.82. The largest absolute Gasteiger partial charge is 0.478 e. The maximum absolute atomic E-state index is 12.1. The Labute approximate surface area is 155 Å². The number of ether oxygens (including phenoxy) is 1. The van der Waals surface area contributed by atoms with E-state index in [9.17, 15) is 18.3 Å². The number of carboxylic acids is 1. The highest BCUT2D eigenvalue weighted by molar-refractivity contribution is 8.00. The summed E-state index contributed by atoms with van der Waals surface area (Å²) in [7, 11) is -3.66. The fraction of sp³-hybridized carbons (Fsp3) is 0.188. The van der Waals surface area contributed by atoms with Crippen molar-refractivity contribution in [2.75, 3.05) is 12.3 Å². The van der Waals surface area contributed by atoms with Gasteiger partial charge in [-0.1, -0.05) is 29.8 Å². The number of rotatable bonds is 9. The highest BCUT2D eigenvalue weighted by atomic mass is 35.5. The second-order valence-electron chi connectivity index (χ2n) is 4.82. The molecular weight excluding hydrogens is 386 g/mol. The minimum atomic E-state index is -3.66. The van der Waals surface area contributed by atoms with Gasteiger partial charge in [-0.2, -0.15) is 0 Å². The van der Waals surface area contributed by atoms with Crippen LogP contribution in [0, 0.1) is 0 Å². The molecule has 0 spiro atoms. The zero-order valence-electron chi connectivity index (χ0n) is 13.0. The molecule has 0 aliphatic heterocycles. The summed E-state index contributed by atoms with van der Waals surface area (Å²) in [6, 6.07) is 14.3. The third-order valence-electron chi connectivity index (χ3n) is 2.98. The van der Waals surface area contributed by atoms with Gasteiger partial charge in [-0.15, -0.1) is 11.8 Å². The number of hydrogen-bond acceptors (Lipinski definition) is 5. The topological polar surface area (TPSA) is 92.7 Å². The van der Waals surface area contributed by atoms with E-state index in [1.54, 1.807) is 30.3 Å². The molecule has 2 aromatic carbocycles. The van der Waals surface area contributed by atoms with Gasteiger partial charge in [0.15, 0.2) is 0 Å². The van der Waals surface area contributed by atoms with Crippen molar-refractivity contribution < 1.29 is 23.1 Å². The number of sulfonamides is 1. The summed E-state index contributed by atoms with van der Waals surface area (Å²) in [6.07, 6.45) is 0. The lowest BCUT2D eigenvalue weighted by Gasteiger charge is -2.14. The Hall–Kier alpha value is -1.74. The first-order valence-corrected chi connectivity index (χ1v) is 10.1. The van der Waals surface area contributed by atoms with E-state index in [4.69, 9.17) is 16.3 Å². The van der Waals surface area contributed by atoms with Crippen molar-refractivity contribution in [3.8, 4) is 5.75 Å². The monoisotopic (exact) mass is 401 g/mol. The molecular formula is C16H16ClNO5S2. The van der Waals surface area contributed by atoms with Crippen LogP contribution in [0.4, 0.5) is 0 Å². The van der Waals surface area contributed by atoms with E-state index in [1.807, 2.05) is 0 Å². The molecule has 0 heterocycles. The molecule has 0 saturated carbocycles. The van der Waals surface area contributed by atoms with Gasteiger partial charge in [-0.3, -0.25) is 0 Å².